The normalized spacial score (nSPS) is 10.6. The van der Waals surface area contributed by atoms with Crippen LogP contribution in [0.15, 0.2) is 48.5 Å². The topological polar surface area (TPSA) is 30.5 Å². The first-order chi connectivity index (χ1) is 11.6. The minimum absolute atomic E-state index is 0. The summed E-state index contributed by atoms with van der Waals surface area (Å²) in [4.78, 5) is 0. The molecule has 138 valence electrons. The highest BCUT2D eigenvalue weighted by molar-refractivity contribution is 5.85. The molecule has 0 aliphatic rings. The van der Waals surface area contributed by atoms with Crippen LogP contribution in [0.25, 0.3) is 0 Å². The van der Waals surface area contributed by atoms with Gasteiger partial charge in [0.15, 0.2) is 0 Å². The third kappa shape index (κ3) is 8.87. The molecule has 0 saturated carbocycles. The zero-order valence-corrected chi connectivity index (χ0v) is 15.7. The van der Waals surface area contributed by atoms with Gasteiger partial charge in [-0.1, -0.05) is 24.3 Å². The minimum atomic E-state index is -0.231. The van der Waals surface area contributed by atoms with Crippen LogP contribution >= 0.6 is 12.4 Å². The zero-order chi connectivity index (χ0) is 17.2. The lowest BCUT2D eigenvalue weighted by atomic mass is 10.2. The first kappa shape index (κ1) is 21.4. The van der Waals surface area contributed by atoms with Crippen molar-refractivity contribution in [2.45, 2.75) is 39.5 Å². The van der Waals surface area contributed by atoms with Crippen molar-refractivity contribution in [1.29, 1.82) is 0 Å². The molecule has 0 unspecified atom stereocenters. The quantitative estimate of drug-likeness (QED) is 0.616. The van der Waals surface area contributed by atoms with Crippen LogP contribution in [0.2, 0.25) is 0 Å². The maximum atomic E-state index is 12.9. The van der Waals surface area contributed by atoms with E-state index in [1.54, 1.807) is 12.1 Å². The lowest BCUT2D eigenvalue weighted by molar-refractivity contribution is 0.0770. The Bertz CT molecular complexity index is 605. The van der Waals surface area contributed by atoms with Crippen molar-refractivity contribution in [2.75, 3.05) is 13.2 Å². The number of rotatable bonds is 10. The Balaban J connectivity index is 0.00000312. The monoisotopic (exact) mass is 367 g/mol. The molecular weight excluding hydrogens is 341 g/mol. The fourth-order valence-electron chi connectivity index (χ4n) is 2.24. The van der Waals surface area contributed by atoms with Gasteiger partial charge in [-0.15, -0.1) is 12.4 Å². The van der Waals surface area contributed by atoms with Gasteiger partial charge in [0, 0.05) is 13.2 Å². The molecule has 3 nitrogen and oxygen atoms in total. The number of hydrogen-bond donors (Lipinski definition) is 1. The molecule has 0 amide bonds. The molecule has 0 saturated heterocycles. The Morgan fingerprint density at radius 2 is 1.80 bits per heavy atom. The molecule has 0 fully saturated rings. The van der Waals surface area contributed by atoms with Crippen LogP contribution < -0.4 is 10.1 Å². The summed E-state index contributed by atoms with van der Waals surface area (Å²) in [5.74, 6) is 0.590. The van der Waals surface area contributed by atoms with E-state index in [0.29, 0.717) is 12.7 Å². The van der Waals surface area contributed by atoms with Crippen LogP contribution in [-0.4, -0.2) is 19.3 Å². The maximum absolute atomic E-state index is 12.9. The molecule has 0 aliphatic heterocycles. The highest BCUT2D eigenvalue weighted by Gasteiger charge is 2.00. The summed E-state index contributed by atoms with van der Waals surface area (Å²) in [7, 11) is 0. The molecular formula is C20H27ClFNO2. The van der Waals surface area contributed by atoms with Crippen LogP contribution in [0.1, 0.15) is 31.4 Å². The van der Waals surface area contributed by atoms with Gasteiger partial charge in [0.1, 0.15) is 18.2 Å². The highest BCUT2D eigenvalue weighted by atomic mass is 35.5. The summed E-state index contributed by atoms with van der Waals surface area (Å²) in [5.41, 5.74) is 2.13. The van der Waals surface area contributed by atoms with Crippen molar-refractivity contribution >= 4 is 12.4 Å². The molecule has 0 aromatic heterocycles. The van der Waals surface area contributed by atoms with Crippen molar-refractivity contribution in [3.8, 4) is 5.75 Å². The summed E-state index contributed by atoms with van der Waals surface area (Å²) in [6.45, 7) is 7.04. The van der Waals surface area contributed by atoms with E-state index in [0.717, 1.165) is 37.4 Å². The fraction of sp³-hybridized carbons (Fsp3) is 0.400. The maximum Gasteiger partial charge on any atom is 0.123 e. The molecule has 25 heavy (non-hydrogen) atoms. The third-order valence-corrected chi connectivity index (χ3v) is 3.50. The van der Waals surface area contributed by atoms with E-state index in [1.165, 1.54) is 17.7 Å². The van der Waals surface area contributed by atoms with E-state index in [1.807, 2.05) is 32.0 Å². The van der Waals surface area contributed by atoms with Gasteiger partial charge in [0.25, 0.3) is 0 Å². The molecule has 2 aromatic carbocycles. The standard InChI is InChI=1S/C20H26FNO2.ClH/c1-16(2)23-12-4-11-22-14-18-5-3-6-20(13-18)24-15-17-7-9-19(21)10-8-17;/h3,5-10,13,16,22H,4,11-12,14-15H2,1-2H3;1H. The lowest BCUT2D eigenvalue weighted by Crippen LogP contribution is -2.17. The van der Waals surface area contributed by atoms with Crippen LogP contribution in [-0.2, 0) is 17.9 Å². The molecule has 0 aliphatic carbocycles. The second-order valence-electron chi connectivity index (χ2n) is 6.01. The number of ether oxygens (including phenoxy) is 2. The van der Waals surface area contributed by atoms with Gasteiger partial charge in [-0.25, -0.2) is 4.39 Å². The summed E-state index contributed by atoms with van der Waals surface area (Å²) in [6.07, 6.45) is 1.29. The number of benzene rings is 2. The van der Waals surface area contributed by atoms with Crippen LogP contribution in [0, 0.1) is 5.82 Å². The van der Waals surface area contributed by atoms with Crippen LogP contribution in [0.5, 0.6) is 5.75 Å². The molecule has 0 heterocycles. The van der Waals surface area contributed by atoms with Gasteiger partial charge in [0.05, 0.1) is 6.10 Å². The molecule has 5 heteroatoms. The van der Waals surface area contributed by atoms with Crippen molar-refractivity contribution in [3.05, 3.63) is 65.5 Å². The second-order valence-corrected chi connectivity index (χ2v) is 6.01. The molecule has 2 aromatic rings. The largest absolute Gasteiger partial charge is 0.489 e. The minimum Gasteiger partial charge on any atom is -0.489 e. The fourth-order valence-corrected chi connectivity index (χ4v) is 2.24. The Kier molecular flexibility index (Phi) is 10.2. The number of hydrogen-bond acceptors (Lipinski definition) is 3. The van der Waals surface area contributed by atoms with Crippen molar-refractivity contribution < 1.29 is 13.9 Å². The Hall–Kier alpha value is -1.62. The summed E-state index contributed by atoms with van der Waals surface area (Å²) < 4.78 is 24.2. The number of nitrogens with one attached hydrogen (secondary N) is 1. The SMILES string of the molecule is CC(C)OCCCNCc1cccc(OCc2ccc(F)cc2)c1.Cl. The molecule has 0 radical (unpaired) electrons. The predicted molar refractivity (Wildman–Crippen MR) is 102 cm³/mol. The molecule has 0 spiro atoms. The number of halogens is 2. The summed E-state index contributed by atoms with van der Waals surface area (Å²) in [6, 6.07) is 14.4. The average molecular weight is 368 g/mol. The van der Waals surface area contributed by atoms with E-state index >= 15 is 0 Å². The van der Waals surface area contributed by atoms with Gasteiger partial charge in [-0.05, 0) is 62.2 Å². The van der Waals surface area contributed by atoms with Gasteiger partial charge in [0.2, 0.25) is 0 Å². The second kappa shape index (κ2) is 11.9. The average Bonchev–Trinajstić information content (AvgIpc) is 2.58. The van der Waals surface area contributed by atoms with E-state index in [-0.39, 0.29) is 18.2 Å². The van der Waals surface area contributed by atoms with Gasteiger partial charge >= 0.3 is 0 Å². The Morgan fingerprint density at radius 1 is 1.04 bits per heavy atom. The van der Waals surface area contributed by atoms with Gasteiger partial charge in [-0.2, -0.15) is 0 Å². The van der Waals surface area contributed by atoms with Crippen molar-refractivity contribution in [1.82, 2.24) is 5.32 Å². The van der Waals surface area contributed by atoms with Gasteiger partial charge in [-0.3, -0.25) is 0 Å². The smallest absolute Gasteiger partial charge is 0.123 e. The summed E-state index contributed by atoms with van der Waals surface area (Å²) >= 11 is 0. The first-order valence-electron chi connectivity index (χ1n) is 8.42. The third-order valence-electron chi connectivity index (χ3n) is 3.50. The Labute approximate surface area is 156 Å². The molecule has 1 N–H and O–H groups in total. The van der Waals surface area contributed by atoms with E-state index in [9.17, 15) is 4.39 Å². The molecule has 0 bridgehead atoms. The Morgan fingerprint density at radius 3 is 2.52 bits per heavy atom. The first-order valence-corrected chi connectivity index (χ1v) is 8.42. The van der Waals surface area contributed by atoms with Crippen molar-refractivity contribution in [3.63, 3.8) is 0 Å². The van der Waals surface area contributed by atoms with E-state index in [4.69, 9.17) is 9.47 Å². The zero-order valence-electron chi connectivity index (χ0n) is 14.8. The van der Waals surface area contributed by atoms with Crippen molar-refractivity contribution in [2.24, 2.45) is 0 Å². The molecule has 0 atom stereocenters. The summed E-state index contributed by atoms with van der Waals surface area (Å²) in [5, 5.41) is 3.41. The predicted octanol–water partition coefficient (Wildman–Crippen LogP) is 4.73. The van der Waals surface area contributed by atoms with Crippen LogP contribution in [0.3, 0.4) is 0 Å². The van der Waals surface area contributed by atoms with Crippen LogP contribution in [0.4, 0.5) is 4.39 Å². The van der Waals surface area contributed by atoms with E-state index < -0.39 is 0 Å². The van der Waals surface area contributed by atoms with E-state index in [2.05, 4.69) is 11.4 Å². The highest BCUT2D eigenvalue weighted by Crippen LogP contribution is 2.15. The van der Waals surface area contributed by atoms with Gasteiger partial charge < -0.3 is 14.8 Å². The lowest BCUT2D eigenvalue weighted by Gasteiger charge is -2.10. The molecule has 2 rings (SSSR count).